The lowest BCUT2D eigenvalue weighted by molar-refractivity contribution is -0.147. The van der Waals surface area contributed by atoms with Crippen molar-refractivity contribution in [2.24, 2.45) is 0 Å². The molecule has 0 unspecified atom stereocenters. The standard InChI is InChI=1S/C18H17NO6/c1-10-5-6-12(17(21)25-15-8-11(2)24-18(15)22)9-13(10)19-16(20)14-4-3-7-23-14/h3-7,9,11,15H,8H2,1-2H3,(H,19,20)/t11-,15+/m0/s1. The molecule has 1 amide bonds. The SMILES string of the molecule is Cc1ccc(C(=O)O[C@@H]2C[C@H](C)OC2=O)cc1NC(=O)c1ccco1. The molecule has 1 saturated heterocycles. The second-order valence-corrected chi connectivity index (χ2v) is 5.84. The van der Waals surface area contributed by atoms with Crippen molar-refractivity contribution in [2.75, 3.05) is 5.32 Å². The number of furan rings is 1. The van der Waals surface area contributed by atoms with Crippen LogP contribution in [0.25, 0.3) is 0 Å². The highest BCUT2D eigenvalue weighted by Crippen LogP contribution is 2.22. The molecule has 130 valence electrons. The fourth-order valence-corrected chi connectivity index (χ4v) is 2.49. The number of aryl methyl sites for hydroxylation is 1. The van der Waals surface area contributed by atoms with Gasteiger partial charge in [0, 0.05) is 12.1 Å². The Balaban J connectivity index is 1.73. The number of carbonyl (C=O) groups excluding carboxylic acids is 3. The van der Waals surface area contributed by atoms with Crippen molar-refractivity contribution in [1.82, 2.24) is 0 Å². The number of anilines is 1. The van der Waals surface area contributed by atoms with Gasteiger partial charge in [0.05, 0.1) is 11.8 Å². The number of nitrogens with one attached hydrogen (secondary N) is 1. The Morgan fingerprint density at radius 3 is 2.72 bits per heavy atom. The summed E-state index contributed by atoms with van der Waals surface area (Å²) >= 11 is 0. The molecule has 1 aromatic carbocycles. The summed E-state index contributed by atoms with van der Waals surface area (Å²) in [5.74, 6) is -1.45. The van der Waals surface area contributed by atoms with Crippen LogP contribution in [0, 0.1) is 6.92 Å². The van der Waals surface area contributed by atoms with Crippen LogP contribution in [-0.4, -0.2) is 30.1 Å². The van der Waals surface area contributed by atoms with E-state index in [1.165, 1.54) is 18.4 Å². The van der Waals surface area contributed by atoms with Crippen LogP contribution in [-0.2, 0) is 14.3 Å². The van der Waals surface area contributed by atoms with Crippen LogP contribution < -0.4 is 5.32 Å². The Labute approximate surface area is 143 Å². The molecule has 2 aromatic rings. The minimum atomic E-state index is -0.898. The van der Waals surface area contributed by atoms with Crippen molar-refractivity contribution in [1.29, 1.82) is 0 Å². The molecule has 3 rings (SSSR count). The number of hydrogen-bond acceptors (Lipinski definition) is 6. The fourth-order valence-electron chi connectivity index (χ4n) is 2.49. The summed E-state index contributed by atoms with van der Waals surface area (Å²) in [5, 5.41) is 2.69. The molecule has 1 fully saturated rings. The molecule has 7 heteroatoms. The van der Waals surface area contributed by atoms with E-state index in [1.807, 2.05) is 0 Å². The van der Waals surface area contributed by atoms with Crippen LogP contribution in [0.15, 0.2) is 41.0 Å². The molecule has 0 bridgehead atoms. The minimum Gasteiger partial charge on any atom is -0.460 e. The van der Waals surface area contributed by atoms with Crippen molar-refractivity contribution >= 4 is 23.5 Å². The van der Waals surface area contributed by atoms with Gasteiger partial charge in [0.25, 0.3) is 5.91 Å². The van der Waals surface area contributed by atoms with Crippen LogP contribution in [0.3, 0.4) is 0 Å². The fraction of sp³-hybridized carbons (Fsp3) is 0.278. The van der Waals surface area contributed by atoms with Crippen LogP contribution in [0.4, 0.5) is 5.69 Å². The Hall–Kier alpha value is -3.09. The zero-order valence-corrected chi connectivity index (χ0v) is 13.8. The summed E-state index contributed by atoms with van der Waals surface area (Å²) in [6.07, 6.45) is 0.562. The van der Waals surface area contributed by atoms with Crippen LogP contribution in [0.2, 0.25) is 0 Å². The number of benzene rings is 1. The lowest BCUT2D eigenvalue weighted by atomic mass is 10.1. The maximum absolute atomic E-state index is 12.3. The van der Waals surface area contributed by atoms with Gasteiger partial charge in [-0.2, -0.15) is 0 Å². The average molecular weight is 343 g/mol. The first kappa shape index (κ1) is 16.8. The van der Waals surface area contributed by atoms with Crippen molar-refractivity contribution in [3.63, 3.8) is 0 Å². The summed E-state index contributed by atoms with van der Waals surface area (Å²) in [7, 11) is 0. The zero-order valence-electron chi connectivity index (χ0n) is 13.8. The van der Waals surface area contributed by atoms with E-state index in [4.69, 9.17) is 13.9 Å². The molecule has 0 aliphatic carbocycles. The highest BCUT2D eigenvalue weighted by Gasteiger charge is 2.35. The van der Waals surface area contributed by atoms with Gasteiger partial charge in [-0.1, -0.05) is 6.07 Å². The van der Waals surface area contributed by atoms with E-state index in [0.29, 0.717) is 12.1 Å². The van der Waals surface area contributed by atoms with Crippen molar-refractivity contribution in [3.05, 3.63) is 53.5 Å². The molecule has 1 aliphatic rings. The molecule has 0 radical (unpaired) electrons. The summed E-state index contributed by atoms with van der Waals surface area (Å²) in [5.41, 5.74) is 1.45. The first-order valence-corrected chi connectivity index (χ1v) is 7.81. The van der Waals surface area contributed by atoms with Gasteiger partial charge in [0.15, 0.2) is 5.76 Å². The van der Waals surface area contributed by atoms with Crippen LogP contribution >= 0.6 is 0 Å². The summed E-state index contributed by atoms with van der Waals surface area (Å²) in [6, 6.07) is 7.91. The molecule has 7 nitrogen and oxygen atoms in total. The quantitative estimate of drug-likeness (QED) is 0.858. The first-order valence-electron chi connectivity index (χ1n) is 7.81. The van der Waals surface area contributed by atoms with Gasteiger partial charge < -0.3 is 19.2 Å². The number of rotatable bonds is 4. The van der Waals surface area contributed by atoms with Crippen LogP contribution in [0.5, 0.6) is 0 Å². The predicted molar refractivity (Wildman–Crippen MR) is 87.2 cm³/mol. The first-order chi connectivity index (χ1) is 11.9. The molecule has 1 N–H and O–H groups in total. The Kier molecular flexibility index (Phi) is 4.56. The van der Waals surface area contributed by atoms with Crippen LogP contribution in [0.1, 0.15) is 39.8 Å². The lowest BCUT2D eigenvalue weighted by Gasteiger charge is -2.11. The maximum atomic E-state index is 12.3. The van der Waals surface area contributed by atoms with Gasteiger partial charge in [0.1, 0.15) is 6.10 Å². The maximum Gasteiger partial charge on any atom is 0.347 e. The Bertz CT molecular complexity index is 811. The van der Waals surface area contributed by atoms with E-state index in [0.717, 1.165) is 5.56 Å². The van der Waals surface area contributed by atoms with Gasteiger partial charge in [-0.3, -0.25) is 4.79 Å². The normalized spacial score (nSPS) is 19.4. The van der Waals surface area contributed by atoms with E-state index in [9.17, 15) is 14.4 Å². The number of amides is 1. The van der Waals surface area contributed by atoms with Gasteiger partial charge in [-0.05, 0) is 43.7 Å². The van der Waals surface area contributed by atoms with Gasteiger partial charge in [-0.15, -0.1) is 0 Å². The molecule has 2 atom stereocenters. The average Bonchev–Trinajstić information content (AvgIpc) is 3.20. The number of ether oxygens (including phenoxy) is 2. The number of hydrogen-bond donors (Lipinski definition) is 1. The number of carbonyl (C=O) groups is 3. The summed E-state index contributed by atoms with van der Waals surface area (Å²) < 4.78 is 15.2. The van der Waals surface area contributed by atoms with E-state index < -0.39 is 23.9 Å². The molecule has 0 saturated carbocycles. The topological polar surface area (TPSA) is 94.8 Å². The monoisotopic (exact) mass is 343 g/mol. The van der Waals surface area contributed by atoms with E-state index in [-0.39, 0.29) is 17.4 Å². The third kappa shape index (κ3) is 3.71. The third-order valence-electron chi connectivity index (χ3n) is 3.84. The highest BCUT2D eigenvalue weighted by atomic mass is 16.6. The van der Waals surface area contributed by atoms with Crippen molar-refractivity contribution in [3.8, 4) is 0 Å². The van der Waals surface area contributed by atoms with Gasteiger partial charge in [-0.25, -0.2) is 9.59 Å². The summed E-state index contributed by atoms with van der Waals surface area (Å²) in [4.78, 5) is 35.9. The minimum absolute atomic E-state index is 0.162. The molecule has 2 heterocycles. The molecular formula is C18H17NO6. The second kappa shape index (κ2) is 6.80. The number of cyclic esters (lactones) is 1. The second-order valence-electron chi connectivity index (χ2n) is 5.84. The number of esters is 2. The molecule has 1 aromatic heterocycles. The van der Waals surface area contributed by atoms with E-state index in [1.54, 1.807) is 32.0 Å². The van der Waals surface area contributed by atoms with Gasteiger partial charge >= 0.3 is 11.9 Å². The smallest absolute Gasteiger partial charge is 0.347 e. The summed E-state index contributed by atoms with van der Waals surface area (Å²) in [6.45, 7) is 3.53. The largest absolute Gasteiger partial charge is 0.460 e. The van der Waals surface area contributed by atoms with E-state index in [2.05, 4.69) is 5.32 Å². The third-order valence-corrected chi connectivity index (χ3v) is 3.84. The lowest BCUT2D eigenvalue weighted by Crippen LogP contribution is -2.23. The zero-order chi connectivity index (χ0) is 18.0. The Morgan fingerprint density at radius 2 is 2.08 bits per heavy atom. The predicted octanol–water partition coefficient (Wildman–Crippen LogP) is 2.70. The van der Waals surface area contributed by atoms with Crippen molar-refractivity contribution < 1.29 is 28.3 Å². The Morgan fingerprint density at radius 1 is 1.28 bits per heavy atom. The molecule has 0 spiro atoms. The molecule has 25 heavy (non-hydrogen) atoms. The highest BCUT2D eigenvalue weighted by molar-refractivity contribution is 6.03. The van der Waals surface area contributed by atoms with E-state index >= 15 is 0 Å². The van der Waals surface area contributed by atoms with Crippen molar-refractivity contribution in [2.45, 2.75) is 32.5 Å². The molecular weight excluding hydrogens is 326 g/mol. The van der Waals surface area contributed by atoms with Gasteiger partial charge in [0.2, 0.25) is 6.10 Å². The molecule has 1 aliphatic heterocycles.